The van der Waals surface area contributed by atoms with Crippen molar-refractivity contribution < 1.29 is 14.7 Å². The van der Waals surface area contributed by atoms with Gasteiger partial charge in [0.05, 0.1) is 0 Å². The molecule has 1 aromatic carbocycles. The topological polar surface area (TPSA) is 66.4 Å². The molecule has 1 atom stereocenters. The number of thiophene rings is 1. The van der Waals surface area contributed by atoms with E-state index >= 15 is 0 Å². The van der Waals surface area contributed by atoms with E-state index in [9.17, 15) is 14.7 Å². The average molecular weight is 345 g/mol. The van der Waals surface area contributed by atoms with Gasteiger partial charge in [-0.1, -0.05) is 30.3 Å². The Bertz CT molecular complexity index is 694. The van der Waals surface area contributed by atoms with Crippen molar-refractivity contribution in [2.24, 2.45) is 0 Å². The Balaban J connectivity index is 1.82. The minimum absolute atomic E-state index is 0.206. The highest BCUT2D eigenvalue weighted by Gasteiger charge is 2.20. The molecule has 0 saturated heterocycles. The van der Waals surface area contributed by atoms with E-state index in [1.54, 1.807) is 11.3 Å². The number of carboxylic acids is 1. The van der Waals surface area contributed by atoms with Crippen LogP contribution in [-0.2, 0) is 22.4 Å². The third kappa shape index (κ3) is 5.49. The van der Waals surface area contributed by atoms with Crippen molar-refractivity contribution in [1.29, 1.82) is 0 Å². The minimum atomic E-state index is -1.00. The van der Waals surface area contributed by atoms with Gasteiger partial charge >= 0.3 is 5.97 Å². The quantitative estimate of drug-likeness (QED) is 0.769. The molecule has 1 aromatic heterocycles. The van der Waals surface area contributed by atoms with Crippen LogP contribution in [0.2, 0.25) is 0 Å². The summed E-state index contributed by atoms with van der Waals surface area (Å²) in [6.07, 6.45) is 2.21. The molecule has 2 rings (SSSR count). The molecule has 0 radical (unpaired) electrons. The van der Waals surface area contributed by atoms with E-state index in [1.165, 1.54) is 15.3 Å². The molecule has 24 heavy (non-hydrogen) atoms. The lowest BCUT2D eigenvalue weighted by Gasteiger charge is -2.14. The summed E-state index contributed by atoms with van der Waals surface area (Å²) in [7, 11) is 0. The molecule has 128 valence electrons. The van der Waals surface area contributed by atoms with Gasteiger partial charge < -0.3 is 10.4 Å². The van der Waals surface area contributed by atoms with Crippen LogP contribution >= 0.6 is 11.3 Å². The summed E-state index contributed by atoms with van der Waals surface area (Å²) in [5.74, 6) is -1.21. The second-order valence-corrected chi connectivity index (χ2v) is 7.40. The van der Waals surface area contributed by atoms with E-state index in [-0.39, 0.29) is 5.91 Å². The van der Waals surface area contributed by atoms with Gasteiger partial charge in [0.1, 0.15) is 6.04 Å². The molecule has 2 N–H and O–H groups in total. The number of benzene rings is 1. The van der Waals surface area contributed by atoms with Gasteiger partial charge in [0.25, 0.3) is 0 Å². The number of carboxylic acid groups (broad SMARTS) is 1. The van der Waals surface area contributed by atoms with E-state index in [1.807, 2.05) is 30.3 Å². The first-order valence-electron chi connectivity index (χ1n) is 8.07. The second-order valence-electron chi connectivity index (χ2n) is 5.94. The maximum absolute atomic E-state index is 12.1. The molecule has 5 heteroatoms. The number of aliphatic carboxylic acids is 1. The van der Waals surface area contributed by atoms with Crippen molar-refractivity contribution in [2.75, 3.05) is 0 Å². The predicted octanol–water partition coefficient (Wildman–Crippen LogP) is 3.50. The Kier molecular flexibility index (Phi) is 6.55. The number of hydrogen-bond donors (Lipinski definition) is 2. The van der Waals surface area contributed by atoms with Gasteiger partial charge in [0.2, 0.25) is 5.91 Å². The van der Waals surface area contributed by atoms with Crippen molar-refractivity contribution in [1.82, 2.24) is 5.32 Å². The van der Waals surface area contributed by atoms with Crippen LogP contribution in [-0.4, -0.2) is 23.0 Å². The van der Waals surface area contributed by atoms with Crippen molar-refractivity contribution in [3.8, 4) is 0 Å². The normalized spacial score (nSPS) is 11.9. The standard InChI is InChI=1S/C19H23NO3S/c1-13-11-16(14(2)24-13)9-6-10-18(21)20-17(19(22)23)12-15-7-4-3-5-8-15/h3-5,7-8,11,17H,6,9-10,12H2,1-2H3,(H,20,21)(H,22,23)/t17-/m0/s1. The number of aryl methyl sites for hydroxylation is 3. The number of hydrogen-bond acceptors (Lipinski definition) is 3. The van der Waals surface area contributed by atoms with Gasteiger partial charge in [-0.25, -0.2) is 4.79 Å². The fourth-order valence-corrected chi connectivity index (χ4v) is 3.66. The Hall–Kier alpha value is -2.14. The first-order chi connectivity index (χ1) is 11.5. The highest BCUT2D eigenvalue weighted by molar-refractivity contribution is 7.12. The van der Waals surface area contributed by atoms with E-state index in [4.69, 9.17) is 0 Å². The summed E-state index contributed by atoms with van der Waals surface area (Å²) in [4.78, 5) is 26.0. The Morgan fingerprint density at radius 2 is 1.92 bits per heavy atom. The van der Waals surface area contributed by atoms with E-state index in [0.29, 0.717) is 12.8 Å². The number of amides is 1. The summed E-state index contributed by atoms with van der Waals surface area (Å²) in [6, 6.07) is 10.6. The van der Waals surface area contributed by atoms with Gasteiger partial charge in [-0.3, -0.25) is 4.79 Å². The van der Waals surface area contributed by atoms with E-state index in [0.717, 1.165) is 18.4 Å². The minimum Gasteiger partial charge on any atom is -0.480 e. The average Bonchev–Trinajstić information content (AvgIpc) is 2.85. The van der Waals surface area contributed by atoms with E-state index in [2.05, 4.69) is 25.2 Å². The molecule has 0 saturated carbocycles. The highest BCUT2D eigenvalue weighted by Crippen LogP contribution is 2.22. The Morgan fingerprint density at radius 1 is 1.21 bits per heavy atom. The summed E-state index contributed by atoms with van der Waals surface area (Å²) in [5.41, 5.74) is 2.18. The van der Waals surface area contributed by atoms with Crippen molar-refractivity contribution in [2.45, 2.75) is 45.6 Å². The zero-order valence-electron chi connectivity index (χ0n) is 14.0. The van der Waals surface area contributed by atoms with Crippen molar-refractivity contribution >= 4 is 23.2 Å². The molecule has 0 fully saturated rings. The fraction of sp³-hybridized carbons (Fsp3) is 0.368. The maximum atomic E-state index is 12.1. The molecule has 2 aromatic rings. The molecule has 1 heterocycles. The van der Waals surface area contributed by atoms with Gasteiger partial charge in [-0.15, -0.1) is 11.3 Å². The van der Waals surface area contributed by atoms with Crippen molar-refractivity contribution in [3.63, 3.8) is 0 Å². The zero-order chi connectivity index (χ0) is 17.5. The van der Waals surface area contributed by atoms with Gasteiger partial charge in [-0.2, -0.15) is 0 Å². The zero-order valence-corrected chi connectivity index (χ0v) is 14.9. The molecule has 4 nitrogen and oxygen atoms in total. The maximum Gasteiger partial charge on any atom is 0.326 e. The Labute approximate surface area is 146 Å². The SMILES string of the molecule is Cc1cc(CCCC(=O)N[C@@H](Cc2ccccc2)C(=O)O)c(C)s1. The molecule has 0 spiro atoms. The molecular formula is C19H23NO3S. The van der Waals surface area contributed by atoms with Crippen LogP contribution in [0, 0.1) is 13.8 Å². The van der Waals surface area contributed by atoms with Crippen LogP contribution in [0.1, 0.15) is 33.7 Å². The van der Waals surface area contributed by atoms with Gasteiger partial charge in [-0.05, 0) is 43.9 Å². The third-order valence-corrected chi connectivity index (χ3v) is 4.92. The highest BCUT2D eigenvalue weighted by atomic mass is 32.1. The molecule has 1 amide bonds. The number of nitrogens with one attached hydrogen (secondary N) is 1. The lowest BCUT2D eigenvalue weighted by molar-refractivity contribution is -0.141. The molecule has 0 aliphatic carbocycles. The van der Waals surface area contributed by atoms with Gasteiger partial charge in [0.15, 0.2) is 0 Å². The molecule has 0 aliphatic heterocycles. The summed E-state index contributed by atoms with van der Waals surface area (Å²) in [5, 5.41) is 11.9. The monoisotopic (exact) mass is 345 g/mol. The van der Waals surface area contributed by atoms with Crippen LogP contribution in [0.15, 0.2) is 36.4 Å². The molecule has 0 bridgehead atoms. The number of carbonyl (C=O) groups is 2. The first-order valence-corrected chi connectivity index (χ1v) is 8.89. The van der Waals surface area contributed by atoms with Crippen LogP contribution in [0.3, 0.4) is 0 Å². The second kappa shape index (κ2) is 8.64. The molecule has 0 unspecified atom stereocenters. The summed E-state index contributed by atoms with van der Waals surface area (Å²) in [6.45, 7) is 4.17. The van der Waals surface area contributed by atoms with Crippen LogP contribution in [0.5, 0.6) is 0 Å². The third-order valence-electron chi connectivity index (χ3n) is 3.91. The first kappa shape index (κ1) is 18.2. The van der Waals surface area contributed by atoms with Crippen LogP contribution in [0.4, 0.5) is 0 Å². The summed E-state index contributed by atoms with van der Waals surface area (Å²) >= 11 is 1.77. The molecular weight excluding hydrogens is 322 g/mol. The number of carbonyl (C=O) groups excluding carboxylic acids is 1. The van der Waals surface area contributed by atoms with Crippen LogP contribution < -0.4 is 5.32 Å². The van der Waals surface area contributed by atoms with Gasteiger partial charge in [0, 0.05) is 22.6 Å². The van der Waals surface area contributed by atoms with Crippen LogP contribution in [0.25, 0.3) is 0 Å². The largest absolute Gasteiger partial charge is 0.480 e. The fourth-order valence-electron chi connectivity index (χ4n) is 2.69. The smallest absolute Gasteiger partial charge is 0.326 e. The number of rotatable bonds is 8. The lowest BCUT2D eigenvalue weighted by atomic mass is 10.1. The Morgan fingerprint density at radius 3 is 2.50 bits per heavy atom. The predicted molar refractivity (Wildman–Crippen MR) is 96.4 cm³/mol. The summed E-state index contributed by atoms with van der Waals surface area (Å²) < 4.78 is 0. The molecule has 0 aliphatic rings. The van der Waals surface area contributed by atoms with E-state index < -0.39 is 12.0 Å². The lowest BCUT2D eigenvalue weighted by Crippen LogP contribution is -2.42. The van der Waals surface area contributed by atoms with Crippen molar-refractivity contribution in [3.05, 3.63) is 57.3 Å².